The van der Waals surface area contributed by atoms with Crippen LogP contribution in [0.1, 0.15) is 37.4 Å². The fourth-order valence-electron chi connectivity index (χ4n) is 2.90. The van der Waals surface area contributed by atoms with E-state index in [2.05, 4.69) is 29.2 Å². The quantitative estimate of drug-likeness (QED) is 0.553. The van der Waals surface area contributed by atoms with Gasteiger partial charge >= 0.3 is 12.6 Å². The molecule has 6 nitrogen and oxygen atoms in total. The molecule has 0 aliphatic heterocycles. The fourth-order valence-corrected chi connectivity index (χ4v) is 2.90. The third kappa shape index (κ3) is 8.16. The molecule has 4 N–H and O–H groups in total. The predicted octanol–water partition coefficient (Wildman–Crippen LogP) is 2.81. The molecule has 0 aliphatic rings. The van der Waals surface area contributed by atoms with Crippen LogP contribution in [0.4, 0.5) is 13.6 Å². The third-order valence-electron chi connectivity index (χ3n) is 4.42. The first kappa shape index (κ1) is 23.3. The molecule has 0 spiro atoms. The Morgan fingerprint density at radius 1 is 1.00 bits per heavy atom. The largest absolute Gasteiger partial charge is 0.435 e. The van der Waals surface area contributed by atoms with Gasteiger partial charge in [0.05, 0.1) is 0 Å². The van der Waals surface area contributed by atoms with E-state index in [4.69, 9.17) is 0 Å². The number of nitrogens with two attached hydrogens (primary N) is 1. The van der Waals surface area contributed by atoms with E-state index in [0.29, 0.717) is 12.5 Å². The zero-order valence-electron chi connectivity index (χ0n) is 17.1. The molecule has 162 valence electrons. The minimum atomic E-state index is -2.89. The predicted molar refractivity (Wildman–Crippen MR) is 109 cm³/mol. The number of quaternary nitrogens is 1. The second kappa shape index (κ2) is 11.9. The van der Waals surface area contributed by atoms with Crippen molar-refractivity contribution in [2.24, 2.45) is 5.92 Å². The lowest BCUT2D eigenvalue weighted by molar-refractivity contribution is -0.676. The van der Waals surface area contributed by atoms with Gasteiger partial charge in [-0.3, -0.25) is 10.1 Å². The van der Waals surface area contributed by atoms with Crippen molar-refractivity contribution in [3.63, 3.8) is 0 Å². The molecular formula is C22H28F2N3O3+. The number of alkyl halides is 2. The van der Waals surface area contributed by atoms with Crippen molar-refractivity contribution in [1.29, 1.82) is 0 Å². The summed E-state index contributed by atoms with van der Waals surface area (Å²) in [6, 6.07) is 15.0. The van der Waals surface area contributed by atoms with Gasteiger partial charge in [0.25, 0.3) is 5.91 Å². The number of ether oxygens (including phenoxy) is 1. The summed E-state index contributed by atoms with van der Waals surface area (Å²) < 4.78 is 29.1. The van der Waals surface area contributed by atoms with Gasteiger partial charge in [0.15, 0.2) is 6.54 Å². The number of benzene rings is 2. The van der Waals surface area contributed by atoms with Crippen LogP contribution in [-0.2, 0) is 4.79 Å². The molecule has 1 atom stereocenters. The second-order valence-corrected chi connectivity index (χ2v) is 7.26. The van der Waals surface area contributed by atoms with Crippen molar-refractivity contribution in [3.05, 3.63) is 65.7 Å². The Kier molecular flexibility index (Phi) is 9.21. The molecule has 0 unspecified atom stereocenters. The topological polar surface area (TPSA) is 84.0 Å². The van der Waals surface area contributed by atoms with Crippen LogP contribution in [0.5, 0.6) is 5.75 Å². The van der Waals surface area contributed by atoms with Crippen LogP contribution in [0.3, 0.4) is 0 Å². The maximum Gasteiger partial charge on any atom is 0.387 e. The number of carbonyl (C=O) groups excluding carboxylic acids is 2. The highest BCUT2D eigenvalue weighted by Gasteiger charge is 2.20. The first-order valence-electron chi connectivity index (χ1n) is 9.86. The SMILES string of the molecule is CC(C)CCNC(=O)NC(=O)C[NH2+][C@@H](c1ccccc1)c1ccc(OC(F)F)cc1. The van der Waals surface area contributed by atoms with Crippen molar-refractivity contribution in [2.75, 3.05) is 13.1 Å². The molecule has 2 aromatic carbocycles. The number of carbonyl (C=O) groups is 2. The minimum absolute atomic E-state index is 0.0203. The third-order valence-corrected chi connectivity index (χ3v) is 4.42. The van der Waals surface area contributed by atoms with Crippen LogP contribution in [0.15, 0.2) is 54.6 Å². The number of hydrogen-bond donors (Lipinski definition) is 3. The fraction of sp³-hybridized carbons (Fsp3) is 0.364. The maximum absolute atomic E-state index is 12.4. The van der Waals surface area contributed by atoms with E-state index in [0.717, 1.165) is 17.5 Å². The highest BCUT2D eigenvalue weighted by atomic mass is 19.3. The van der Waals surface area contributed by atoms with Gasteiger partial charge in [-0.2, -0.15) is 8.78 Å². The molecule has 0 fully saturated rings. The van der Waals surface area contributed by atoms with Gasteiger partial charge in [-0.05, 0) is 36.6 Å². The Morgan fingerprint density at radius 2 is 1.63 bits per heavy atom. The van der Waals surface area contributed by atoms with E-state index < -0.39 is 18.5 Å². The summed E-state index contributed by atoms with van der Waals surface area (Å²) in [5.74, 6) is 0.102. The first-order valence-corrected chi connectivity index (χ1v) is 9.86. The zero-order valence-corrected chi connectivity index (χ0v) is 17.1. The normalized spacial score (nSPS) is 11.9. The molecule has 2 aromatic rings. The van der Waals surface area contributed by atoms with Gasteiger partial charge in [-0.1, -0.05) is 44.2 Å². The summed E-state index contributed by atoms with van der Waals surface area (Å²) in [5, 5.41) is 6.76. The van der Waals surface area contributed by atoms with Gasteiger partial charge in [0.2, 0.25) is 0 Å². The lowest BCUT2D eigenvalue weighted by Crippen LogP contribution is -2.88. The van der Waals surface area contributed by atoms with Crippen molar-refractivity contribution < 1.29 is 28.4 Å². The average molecular weight is 420 g/mol. The lowest BCUT2D eigenvalue weighted by Gasteiger charge is -2.17. The van der Waals surface area contributed by atoms with Gasteiger partial charge in [0.1, 0.15) is 11.8 Å². The van der Waals surface area contributed by atoms with Crippen LogP contribution in [0.25, 0.3) is 0 Å². The van der Waals surface area contributed by atoms with Crippen LogP contribution in [0, 0.1) is 5.92 Å². The molecular weight excluding hydrogens is 392 g/mol. The van der Waals surface area contributed by atoms with E-state index in [1.165, 1.54) is 12.1 Å². The van der Waals surface area contributed by atoms with Crippen molar-refractivity contribution in [1.82, 2.24) is 10.6 Å². The number of urea groups is 1. The molecule has 30 heavy (non-hydrogen) atoms. The van der Waals surface area contributed by atoms with Gasteiger partial charge in [0, 0.05) is 17.7 Å². The smallest absolute Gasteiger partial charge is 0.387 e. The highest BCUT2D eigenvalue weighted by Crippen LogP contribution is 2.22. The van der Waals surface area contributed by atoms with E-state index in [9.17, 15) is 18.4 Å². The first-order chi connectivity index (χ1) is 14.3. The Morgan fingerprint density at radius 3 is 2.23 bits per heavy atom. The maximum atomic E-state index is 12.4. The molecule has 0 heterocycles. The van der Waals surface area contributed by atoms with E-state index >= 15 is 0 Å². The highest BCUT2D eigenvalue weighted by molar-refractivity contribution is 5.94. The standard InChI is InChI=1S/C22H27F2N3O3/c1-15(2)12-13-25-22(29)27-19(28)14-26-20(16-6-4-3-5-7-16)17-8-10-18(11-9-17)30-21(23)24/h3-11,15,20-21,26H,12-14H2,1-2H3,(H2,25,27,28,29)/p+1/t20-/m0/s1. The summed E-state index contributed by atoms with van der Waals surface area (Å²) in [6.07, 6.45) is 0.828. The summed E-state index contributed by atoms with van der Waals surface area (Å²) in [6.45, 7) is 1.74. The number of amides is 3. The molecule has 0 aliphatic carbocycles. The molecule has 3 amide bonds. The zero-order chi connectivity index (χ0) is 21.9. The number of imide groups is 1. The molecule has 0 radical (unpaired) electrons. The molecule has 0 saturated carbocycles. The van der Waals surface area contributed by atoms with E-state index in [1.807, 2.05) is 30.3 Å². The number of hydrogen-bond acceptors (Lipinski definition) is 3. The summed E-state index contributed by atoms with van der Waals surface area (Å²) >= 11 is 0. The summed E-state index contributed by atoms with van der Waals surface area (Å²) in [5.41, 5.74) is 1.76. The van der Waals surface area contributed by atoms with Gasteiger partial charge in [-0.25, -0.2) is 4.79 Å². The molecule has 0 bridgehead atoms. The van der Waals surface area contributed by atoms with E-state index in [1.54, 1.807) is 17.4 Å². The van der Waals surface area contributed by atoms with Crippen LogP contribution < -0.4 is 20.7 Å². The van der Waals surface area contributed by atoms with Crippen LogP contribution in [-0.4, -0.2) is 31.6 Å². The van der Waals surface area contributed by atoms with Gasteiger partial charge < -0.3 is 15.4 Å². The monoisotopic (exact) mass is 420 g/mol. The lowest BCUT2D eigenvalue weighted by atomic mass is 9.98. The van der Waals surface area contributed by atoms with Crippen molar-refractivity contribution in [2.45, 2.75) is 32.9 Å². The second-order valence-electron chi connectivity index (χ2n) is 7.26. The van der Waals surface area contributed by atoms with E-state index in [-0.39, 0.29) is 18.3 Å². The molecule has 2 rings (SSSR count). The van der Waals surface area contributed by atoms with Gasteiger partial charge in [-0.15, -0.1) is 0 Å². The Labute approximate surface area is 175 Å². The Hall–Kier alpha value is -3.00. The van der Waals surface area contributed by atoms with Crippen LogP contribution >= 0.6 is 0 Å². The van der Waals surface area contributed by atoms with Crippen LogP contribution in [0.2, 0.25) is 0 Å². The summed E-state index contributed by atoms with van der Waals surface area (Å²) in [4.78, 5) is 24.0. The number of nitrogens with one attached hydrogen (secondary N) is 2. The van der Waals surface area contributed by atoms with Crippen molar-refractivity contribution in [3.8, 4) is 5.75 Å². The Balaban J connectivity index is 1.99. The number of halogens is 2. The minimum Gasteiger partial charge on any atom is -0.435 e. The Bertz CT molecular complexity index is 799. The molecule has 0 aromatic heterocycles. The molecule has 8 heteroatoms. The summed E-state index contributed by atoms with van der Waals surface area (Å²) in [7, 11) is 0. The number of rotatable bonds is 10. The van der Waals surface area contributed by atoms with Crippen molar-refractivity contribution >= 4 is 11.9 Å². The molecule has 0 saturated heterocycles. The average Bonchev–Trinajstić information content (AvgIpc) is 2.69.